The van der Waals surface area contributed by atoms with Gasteiger partial charge in [-0.3, -0.25) is 4.79 Å². The van der Waals surface area contributed by atoms with Crippen molar-refractivity contribution in [1.29, 1.82) is 0 Å². The van der Waals surface area contributed by atoms with E-state index in [1.807, 2.05) is 24.3 Å². The number of amides is 1. The van der Waals surface area contributed by atoms with Crippen LogP contribution in [0.2, 0.25) is 5.15 Å². The molecule has 0 aliphatic carbocycles. The van der Waals surface area contributed by atoms with Crippen LogP contribution in [0.15, 0.2) is 35.1 Å². The fourth-order valence-corrected chi connectivity index (χ4v) is 2.81. The van der Waals surface area contributed by atoms with Crippen LogP contribution in [0.1, 0.15) is 12.0 Å². The highest BCUT2D eigenvalue weighted by Crippen LogP contribution is 2.25. The van der Waals surface area contributed by atoms with Crippen molar-refractivity contribution in [2.45, 2.75) is 13.0 Å². The van der Waals surface area contributed by atoms with Gasteiger partial charge in [0.05, 0.1) is 0 Å². The number of carbonyl (C=O) groups excluding carboxylic acids is 1. The van der Waals surface area contributed by atoms with Crippen LogP contribution >= 0.6 is 27.5 Å². The summed E-state index contributed by atoms with van der Waals surface area (Å²) in [5.74, 6) is 0.628. The van der Waals surface area contributed by atoms with E-state index in [0.29, 0.717) is 36.2 Å². The molecule has 2 N–H and O–H groups in total. The van der Waals surface area contributed by atoms with Crippen LogP contribution in [0.4, 0.5) is 11.5 Å². The summed E-state index contributed by atoms with van der Waals surface area (Å²) >= 11 is 9.49. The predicted octanol–water partition coefficient (Wildman–Crippen LogP) is 3.39. The number of hydrogen-bond donors (Lipinski definition) is 2. The molecule has 6 nitrogen and oxygen atoms in total. The van der Waals surface area contributed by atoms with E-state index in [0.717, 1.165) is 10.0 Å². The number of hydrogen-bond acceptors (Lipinski definition) is 5. The molecule has 0 spiro atoms. The highest BCUT2D eigenvalue weighted by molar-refractivity contribution is 9.10. The zero-order valence-electron chi connectivity index (χ0n) is 13.5. The third-order valence-corrected chi connectivity index (χ3v) is 4.53. The molecule has 0 bridgehead atoms. The number of carbonyl (C=O) groups is 1. The van der Waals surface area contributed by atoms with Crippen molar-refractivity contribution < 1.29 is 4.79 Å². The fraction of sp³-hybridized carbons (Fsp3) is 0.312. The van der Waals surface area contributed by atoms with E-state index in [2.05, 4.69) is 36.5 Å². The SMILES string of the molecule is CNc1c(Cl)ncnc1NCCC(=O)N(C)Cc1ccccc1Br. The van der Waals surface area contributed by atoms with Crippen LogP contribution in [0.3, 0.4) is 0 Å². The van der Waals surface area contributed by atoms with Gasteiger partial charge in [-0.2, -0.15) is 0 Å². The van der Waals surface area contributed by atoms with Gasteiger partial charge in [-0.1, -0.05) is 45.7 Å². The molecule has 0 aliphatic rings. The summed E-state index contributed by atoms with van der Waals surface area (Å²) in [4.78, 5) is 22.0. The van der Waals surface area contributed by atoms with Gasteiger partial charge in [0.2, 0.25) is 5.91 Å². The molecule has 2 rings (SSSR count). The summed E-state index contributed by atoms with van der Waals surface area (Å²) in [6.07, 6.45) is 1.73. The van der Waals surface area contributed by atoms with Gasteiger partial charge < -0.3 is 15.5 Å². The molecule has 0 saturated heterocycles. The molecule has 24 heavy (non-hydrogen) atoms. The van der Waals surface area contributed by atoms with Crippen molar-refractivity contribution in [3.63, 3.8) is 0 Å². The van der Waals surface area contributed by atoms with E-state index >= 15 is 0 Å². The van der Waals surface area contributed by atoms with Crippen LogP contribution in [0.5, 0.6) is 0 Å². The number of aromatic nitrogens is 2. The van der Waals surface area contributed by atoms with Gasteiger partial charge in [0, 0.05) is 38.1 Å². The first kappa shape index (κ1) is 18.5. The Morgan fingerprint density at radius 3 is 2.79 bits per heavy atom. The quantitative estimate of drug-likeness (QED) is 0.682. The van der Waals surface area contributed by atoms with E-state index in [9.17, 15) is 4.79 Å². The lowest BCUT2D eigenvalue weighted by Crippen LogP contribution is -2.28. The molecule has 0 atom stereocenters. The maximum Gasteiger partial charge on any atom is 0.224 e. The monoisotopic (exact) mass is 411 g/mol. The van der Waals surface area contributed by atoms with Crippen LogP contribution in [0, 0.1) is 0 Å². The summed E-state index contributed by atoms with van der Waals surface area (Å²) in [5.41, 5.74) is 1.69. The largest absolute Gasteiger partial charge is 0.383 e. The van der Waals surface area contributed by atoms with Crippen molar-refractivity contribution in [1.82, 2.24) is 14.9 Å². The fourth-order valence-electron chi connectivity index (χ4n) is 2.17. The van der Waals surface area contributed by atoms with Gasteiger partial charge >= 0.3 is 0 Å². The molecular formula is C16H19BrClN5O. The molecule has 1 heterocycles. The Hall–Kier alpha value is -1.86. The van der Waals surface area contributed by atoms with Gasteiger partial charge in [-0.25, -0.2) is 9.97 Å². The lowest BCUT2D eigenvalue weighted by molar-refractivity contribution is -0.130. The summed E-state index contributed by atoms with van der Waals surface area (Å²) < 4.78 is 0.997. The predicted molar refractivity (Wildman–Crippen MR) is 100 cm³/mol. The Morgan fingerprint density at radius 1 is 1.33 bits per heavy atom. The van der Waals surface area contributed by atoms with Crippen LogP contribution in [0.25, 0.3) is 0 Å². The normalized spacial score (nSPS) is 10.3. The number of anilines is 2. The Morgan fingerprint density at radius 2 is 2.08 bits per heavy atom. The summed E-state index contributed by atoms with van der Waals surface area (Å²) in [5, 5.41) is 6.40. The molecule has 8 heteroatoms. The third-order valence-electron chi connectivity index (χ3n) is 3.47. The molecule has 0 saturated carbocycles. The average molecular weight is 413 g/mol. The molecule has 128 valence electrons. The maximum absolute atomic E-state index is 12.3. The lowest BCUT2D eigenvalue weighted by Gasteiger charge is -2.18. The molecular weight excluding hydrogens is 394 g/mol. The van der Waals surface area contributed by atoms with Gasteiger partial charge in [-0.05, 0) is 11.6 Å². The molecule has 0 aliphatic heterocycles. The second-order valence-electron chi connectivity index (χ2n) is 5.16. The van der Waals surface area contributed by atoms with E-state index in [-0.39, 0.29) is 5.91 Å². The number of benzene rings is 1. The zero-order chi connectivity index (χ0) is 17.5. The van der Waals surface area contributed by atoms with Crippen LogP contribution in [-0.2, 0) is 11.3 Å². The van der Waals surface area contributed by atoms with Crippen LogP contribution < -0.4 is 10.6 Å². The van der Waals surface area contributed by atoms with E-state index in [1.54, 1.807) is 19.0 Å². The zero-order valence-corrected chi connectivity index (χ0v) is 15.9. The number of nitrogens with zero attached hydrogens (tertiary/aromatic N) is 3. The molecule has 0 radical (unpaired) electrons. The molecule has 2 aromatic rings. The Kier molecular flexibility index (Phi) is 6.81. The summed E-state index contributed by atoms with van der Waals surface area (Å²) in [6, 6.07) is 7.87. The van der Waals surface area contributed by atoms with Gasteiger partial charge in [0.25, 0.3) is 0 Å². The first-order chi connectivity index (χ1) is 11.5. The minimum atomic E-state index is 0.0458. The smallest absolute Gasteiger partial charge is 0.224 e. The molecule has 1 amide bonds. The standard InChI is InChI=1S/C16H19BrClN5O/c1-19-14-15(18)21-10-22-16(14)20-8-7-13(24)23(2)9-11-5-3-4-6-12(11)17/h3-6,10,19H,7-9H2,1-2H3,(H,20,21,22). The van der Waals surface area contributed by atoms with E-state index in [1.165, 1.54) is 6.33 Å². The van der Waals surface area contributed by atoms with Crippen molar-refractivity contribution in [3.05, 3.63) is 45.8 Å². The van der Waals surface area contributed by atoms with Crippen molar-refractivity contribution >= 4 is 44.9 Å². The van der Waals surface area contributed by atoms with Gasteiger partial charge in [-0.15, -0.1) is 0 Å². The minimum absolute atomic E-state index is 0.0458. The average Bonchev–Trinajstić information content (AvgIpc) is 2.57. The Balaban J connectivity index is 1.87. The third kappa shape index (κ3) is 4.82. The van der Waals surface area contributed by atoms with E-state index in [4.69, 9.17) is 11.6 Å². The molecule has 1 aromatic heterocycles. The first-order valence-electron chi connectivity index (χ1n) is 7.42. The highest BCUT2D eigenvalue weighted by Gasteiger charge is 2.12. The minimum Gasteiger partial charge on any atom is -0.383 e. The Bertz CT molecular complexity index is 713. The van der Waals surface area contributed by atoms with E-state index < -0.39 is 0 Å². The molecule has 0 unspecified atom stereocenters. The number of halogens is 2. The number of nitrogens with one attached hydrogen (secondary N) is 2. The maximum atomic E-state index is 12.3. The second kappa shape index (κ2) is 8.84. The van der Waals surface area contributed by atoms with Crippen molar-refractivity contribution in [3.8, 4) is 0 Å². The topological polar surface area (TPSA) is 70.1 Å². The number of rotatable bonds is 7. The van der Waals surface area contributed by atoms with Crippen molar-refractivity contribution in [2.24, 2.45) is 0 Å². The summed E-state index contributed by atoms with van der Waals surface area (Å²) in [7, 11) is 3.54. The van der Waals surface area contributed by atoms with Gasteiger partial charge in [0.15, 0.2) is 11.0 Å². The first-order valence-corrected chi connectivity index (χ1v) is 8.59. The second-order valence-corrected chi connectivity index (χ2v) is 6.37. The van der Waals surface area contributed by atoms with Crippen molar-refractivity contribution in [2.75, 3.05) is 31.3 Å². The highest BCUT2D eigenvalue weighted by atomic mass is 79.9. The lowest BCUT2D eigenvalue weighted by atomic mass is 10.2. The summed E-state index contributed by atoms with van der Waals surface area (Å²) in [6.45, 7) is 1.02. The Labute approximate surface area is 154 Å². The molecule has 1 aromatic carbocycles. The molecule has 0 fully saturated rings. The van der Waals surface area contributed by atoms with Crippen LogP contribution in [-0.4, -0.2) is 41.4 Å². The van der Waals surface area contributed by atoms with Gasteiger partial charge in [0.1, 0.15) is 12.0 Å².